The van der Waals surface area contributed by atoms with Crippen LogP contribution >= 0.6 is 24.0 Å². The maximum absolute atomic E-state index is 12.4. The van der Waals surface area contributed by atoms with Gasteiger partial charge in [0.1, 0.15) is 0 Å². The fourth-order valence-electron chi connectivity index (χ4n) is 3.38. The Morgan fingerprint density at radius 2 is 1.79 bits per heavy atom. The third kappa shape index (κ3) is 5.99. The summed E-state index contributed by atoms with van der Waals surface area (Å²) in [6.45, 7) is 0.995. The van der Waals surface area contributed by atoms with Crippen molar-refractivity contribution in [2.45, 2.75) is 63.5 Å². The van der Waals surface area contributed by atoms with Gasteiger partial charge in [0.25, 0.3) is 10.2 Å². The van der Waals surface area contributed by atoms with Gasteiger partial charge in [-0.15, -0.1) is 24.0 Å². The van der Waals surface area contributed by atoms with Crippen molar-refractivity contribution in [2.75, 3.05) is 27.2 Å². The molecule has 24 heavy (non-hydrogen) atoms. The van der Waals surface area contributed by atoms with E-state index in [0.717, 1.165) is 32.1 Å². The lowest BCUT2D eigenvalue weighted by Gasteiger charge is -2.35. The molecule has 1 aliphatic carbocycles. The van der Waals surface area contributed by atoms with Gasteiger partial charge >= 0.3 is 0 Å². The number of piperidine rings is 1. The van der Waals surface area contributed by atoms with E-state index in [1.165, 1.54) is 23.6 Å². The second-order valence-electron chi connectivity index (χ2n) is 6.76. The Balaban J connectivity index is 0.00000288. The summed E-state index contributed by atoms with van der Waals surface area (Å²) in [6, 6.07) is 0.323. The molecule has 0 aromatic carbocycles. The second kappa shape index (κ2) is 10.1. The molecule has 0 spiro atoms. The molecule has 0 aromatic rings. The van der Waals surface area contributed by atoms with E-state index in [9.17, 15) is 8.42 Å². The first-order chi connectivity index (χ1) is 10.9. The predicted octanol–water partition coefficient (Wildman–Crippen LogP) is 1.50. The molecule has 0 bridgehead atoms. The highest BCUT2D eigenvalue weighted by Gasteiger charge is 2.33. The minimum atomic E-state index is -3.39. The summed E-state index contributed by atoms with van der Waals surface area (Å²) in [7, 11) is -0.243. The molecule has 9 heteroatoms. The van der Waals surface area contributed by atoms with Crippen LogP contribution in [0.25, 0.3) is 0 Å². The Morgan fingerprint density at radius 3 is 2.42 bits per heavy atom. The molecule has 7 nitrogen and oxygen atoms in total. The van der Waals surface area contributed by atoms with Gasteiger partial charge in [0.15, 0.2) is 5.96 Å². The lowest BCUT2D eigenvalue weighted by Crippen LogP contribution is -2.50. The van der Waals surface area contributed by atoms with Gasteiger partial charge in [-0.3, -0.25) is 4.99 Å². The molecule has 2 rings (SSSR count). The number of hydrogen-bond acceptors (Lipinski definition) is 3. The van der Waals surface area contributed by atoms with Crippen LogP contribution in [0.1, 0.15) is 51.4 Å². The summed E-state index contributed by atoms with van der Waals surface area (Å²) in [4.78, 5) is 4.42. The maximum Gasteiger partial charge on any atom is 0.281 e. The third-order valence-corrected chi connectivity index (χ3v) is 6.76. The van der Waals surface area contributed by atoms with Crippen molar-refractivity contribution in [3.05, 3.63) is 0 Å². The summed E-state index contributed by atoms with van der Waals surface area (Å²) in [5.41, 5.74) is 6.00. The van der Waals surface area contributed by atoms with Crippen molar-refractivity contribution in [1.29, 1.82) is 0 Å². The Labute approximate surface area is 163 Å². The normalized spacial score (nSPS) is 24.6. The number of hydrogen-bond donors (Lipinski definition) is 2. The van der Waals surface area contributed by atoms with Gasteiger partial charge < -0.3 is 11.1 Å². The Kier molecular flexibility index (Phi) is 9.24. The number of guanidine groups is 1. The molecule has 1 aliphatic heterocycles. The van der Waals surface area contributed by atoms with Crippen molar-refractivity contribution >= 4 is 40.1 Å². The highest BCUT2D eigenvalue weighted by molar-refractivity contribution is 14.0. The van der Waals surface area contributed by atoms with Crippen LogP contribution in [0.3, 0.4) is 0 Å². The van der Waals surface area contributed by atoms with Crippen LogP contribution in [0, 0.1) is 0 Å². The number of rotatable bonds is 5. The minimum absolute atomic E-state index is 0. The predicted molar refractivity (Wildman–Crippen MR) is 109 cm³/mol. The summed E-state index contributed by atoms with van der Waals surface area (Å²) >= 11 is 0. The highest BCUT2D eigenvalue weighted by Crippen LogP contribution is 2.22. The molecule has 0 radical (unpaired) electrons. The molecule has 1 heterocycles. The molecule has 1 atom stereocenters. The van der Waals surface area contributed by atoms with Crippen molar-refractivity contribution < 1.29 is 8.42 Å². The Bertz CT molecular complexity index is 506. The molecular formula is C15H32IN5O2S. The fourth-order valence-corrected chi connectivity index (χ4v) is 4.70. The lowest BCUT2D eigenvalue weighted by atomic mass is 9.96. The SMILES string of the molecule is CN(C)S(=O)(=O)N1CCCCC1CN=C(N)NC1CCCCC1.I. The van der Waals surface area contributed by atoms with Crippen molar-refractivity contribution in [3.8, 4) is 0 Å². The van der Waals surface area contributed by atoms with Crippen molar-refractivity contribution in [1.82, 2.24) is 13.9 Å². The van der Waals surface area contributed by atoms with Gasteiger partial charge in [-0.25, -0.2) is 0 Å². The number of nitrogens with one attached hydrogen (secondary N) is 1. The number of halogens is 1. The summed E-state index contributed by atoms with van der Waals surface area (Å²) < 4.78 is 27.7. The lowest BCUT2D eigenvalue weighted by molar-refractivity contribution is 0.245. The first-order valence-corrected chi connectivity index (χ1v) is 10.1. The molecular weight excluding hydrogens is 441 g/mol. The Morgan fingerprint density at radius 1 is 1.17 bits per heavy atom. The summed E-state index contributed by atoms with van der Waals surface area (Å²) in [5, 5.41) is 3.28. The van der Waals surface area contributed by atoms with E-state index in [1.54, 1.807) is 18.4 Å². The smallest absolute Gasteiger partial charge is 0.281 e. The zero-order valence-electron chi connectivity index (χ0n) is 14.8. The van der Waals surface area contributed by atoms with Gasteiger partial charge in [0.05, 0.1) is 6.54 Å². The van der Waals surface area contributed by atoms with E-state index in [4.69, 9.17) is 5.73 Å². The molecule has 2 fully saturated rings. The maximum atomic E-state index is 12.4. The van der Waals surface area contributed by atoms with Crippen LogP contribution in [0.15, 0.2) is 4.99 Å². The van der Waals surface area contributed by atoms with Crippen LogP contribution in [-0.2, 0) is 10.2 Å². The highest BCUT2D eigenvalue weighted by atomic mass is 127. The number of nitrogens with two attached hydrogens (primary N) is 1. The molecule has 0 aromatic heterocycles. The van der Waals surface area contributed by atoms with Gasteiger partial charge in [0, 0.05) is 32.7 Å². The second-order valence-corrected chi connectivity index (χ2v) is 8.85. The van der Waals surface area contributed by atoms with Crippen molar-refractivity contribution in [3.63, 3.8) is 0 Å². The van der Waals surface area contributed by atoms with Crippen molar-refractivity contribution in [2.24, 2.45) is 10.7 Å². The van der Waals surface area contributed by atoms with E-state index in [1.807, 2.05) is 0 Å². The number of aliphatic imine (C=N–C) groups is 1. The molecule has 1 unspecified atom stereocenters. The quantitative estimate of drug-likeness (QED) is 0.360. The summed E-state index contributed by atoms with van der Waals surface area (Å²) in [5.74, 6) is 0.449. The molecule has 1 saturated heterocycles. The van der Waals surface area contributed by atoms with E-state index >= 15 is 0 Å². The van der Waals surface area contributed by atoms with Crippen LogP contribution in [0.5, 0.6) is 0 Å². The largest absolute Gasteiger partial charge is 0.370 e. The monoisotopic (exact) mass is 473 g/mol. The summed E-state index contributed by atoms with van der Waals surface area (Å²) in [6.07, 6.45) is 8.84. The minimum Gasteiger partial charge on any atom is -0.370 e. The zero-order valence-corrected chi connectivity index (χ0v) is 17.9. The number of nitrogens with zero attached hydrogens (tertiary/aromatic N) is 3. The average Bonchev–Trinajstić information content (AvgIpc) is 2.54. The van der Waals surface area contributed by atoms with Gasteiger partial charge in [-0.2, -0.15) is 17.0 Å². The standard InChI is InChI=1S/C15H31N5O2S.HI/c1-19(2)23(21,22)20-11-7-6-10-14(20)12-17-15(16)18-13-8-4-3-5-9-13;/h13-14H,3-12H2,1-2H3,(H3,16,17,18);1H. The molecule has 1 saturated carbocycles. The first kappa shape index (κ1) is 21.9. The fraction of sp³-hybridized carbons (Fsp3) is 0.933. The van der Waals surface area contributed by atoms with Gasteiger partial charge in [-0.05, 0) is 25.7 Å². The van der Waals surface area contributed by atoms with E-state index < -0.39 is 10.2 Å². The Hall–Kier alpha value is -0.130. The van der Waals surface area contributed by atoms with Crippen LogP contribution < -0.4 is 11.1 Å². The van der Waals surface area contributed by atoms with Crippen LogP contribution in [0.4, 0.5) is 0 Å². The molecule has 2 aliphatic rings. The van der Waals surface area contributed by atoms with Crippen LogP contribution in [0.2, 0.25) is 0 Å². The zero-order chi connectivity index (χ0) is 16.9. The third-order valence-electron chi connectivity index (χ3n) is 4.76. The van der Waals surface area contributed by atoms with E-state index in [0.29, 0.717) is 25.1 Å². The van der Waals surface area contributed by atoms with Crippen LogP contribution in [-0.4, -0.2) is 62.3 Å². The van der Waals surface area contributed by atoms with E-state index in [-0.39, 0.29) is 30.0 Å². The molecule has 142 valence electrons. The molecule has 0 amide bonds. The van der Waals surface area contributed by atoms with Gasteiger partial charge in [0.2, 0.25) is 0 Å². The molecule has 3 N–H and O–H groups in total. The topological polar surface area (TPSA) is 91.0 Å². The van der Waals surface area contributed by atoms with Gasteiger partial charge in [-0.1, -0.05) is 25.7 Å². The first-order valence-electron chi connectivity index (χ1n) is 8.67. The van der Waals surface area contributed by atoms with E-state index in [2.05, 4.69) is 10.3 Å². The average molecular weight is 473 g/mol.